The zero-order chi connectivity index (χ0) is 25.7. The van der Waals surface area contributed by atoms with Gasteiger partial charge < -0.3 is 28.7 Å². The summed E-state index contributed by atoms with van der Waals surface area (Å²) >= 11 is 0. The summed E-state index contributed by atoms with van der Waals surface area (Å²) in [5.74, 6) is 2.33. The predicted molar refractivity (Wildman–Crippen MR) is 141 cm³/mol. The molecule has 0 aliphatic heterocycles. The van der Waals surface area contributed by atoms with Crippen LogP contribution in [0.3, 0.4) is 0 Å². The van der Waals surface area contributed by atoms with Crippen LogP contribution in [-0.2, 0) is 4.79 Å². The van der Waals surface area contributed by atoms with Gasteiger partial charge in [-0.05, 0) is 55.3 Å². The number of carbonyl (C=O) groups is 1. The van der Waals surface area contributed by atoms with Crippen molar-refractivity contribution >= 4 is 28.1 Å². The largest absolute Gasteiger partial charge is 0.497 e. The van der Waals surface area contributed by atoms with Crippen molar-refractivity contribution in [1.29, 1.82) is 0 Å². The van der Waals surface area contributed by atoms with Gasteiger partial charge in [-0.3, -0.25) is 4.79 Å². The lowest BCUT2D eigenvalue weighted by Crippen LogP contribution is -2.08. The van der Waals surface area contributed by atoms with Crippen LogP contribution in [0, 0.1) is 0 Å². The molecule has 0 unspecified atom stereocenters. The fraction of sp³-hybridized carbons (Fsp3) is 0.207. The van der Waals surface area contributed by atoms with Crippen molar-refractivity contribution in [2.24, 2.45) is 0 Å². The molecule has 7 nitrogen and oxygen atoms in total. The number of allylic oxidation sites excluding steroid dienone is 1. The number of nitrogens with one attached hydrogen (secondary N) is 1. The first-order valence-electron chi connectivity index (χ1n) is 11.5. The highest BCUT2D eigenvalue weighted by atomic mass is 16.5. The fourth-order valence-electron chi connectivity index (χ4n) is 4.02. The van der Waals surface area contributed by atoms with Crippen LogP contribution in [0.25, 0.3) is 27.7 Å². The number of hydrogen-bond donors (Lipinski definition) is 1. The van der Waals surface area contributed by atoms with Crippen molar-refractivity contribution in [2.45, 2.75) is 13.8 Å². The number of ether oxygens (including phenoxy) is 4. The summed E-state index contributed by atoms with van der Waals surface area (Å²) in [5, 5.41) is 3.77. The molecule has 0 fully saturated rings. The lowest BCUT2D eigenvalue weighted by atomic mass is 9.99. The molecule has 0 aliphatic carbocycles. The van der Waals surface area contributed by atoms with Crippen LogP contribution in [-0.4, -0.2) is 33.8 Å². The second kappa shape index (κ2) is 10.9. The summed E-state index contributed by atoms with van der Waals surface area (Å²) in [7, 11) is 4.79. The Bertz CT molecular complexity index is 1420. The van der Waals surface area contributed by atoms with Crippen LogP contribution in [0.15, 0.2) is 71.4 Å². The lowest BCUT2D eigenvalue weighted by molar-refractivity contribution is -0.111. The SMILES string of the molecule is CCOc1cc2occ(-c3ccc(OC)c(OC)c3)c2cc1/C(C)=C/C(=O)Nc1cccc(OC)c1. The maximum atomic E-state index is 12.8. The Kier molecular flexibility index (Phi) is 7.49. The molecule has 0 spiro atoms. The minimum absolute atomic E-state index is 0.254. The lowest BCUT2D eigenvalue weighted by Gasteiger charge is -2.12. The Morgan fingerprint density at radius 1 is 0.944 bits per heavy atom. The minimum atomic E-state index is -0.254. The van der Waals surface area contributed by atoms with Gasteiger partial charge in [0, 0.05) is 40.4 Å². The Hall–Kier alpha value is -4.39. The number of benzene rings is 3. The van der Waals surface area contributed by atoms with Crippen LogP contribution in [0.4, 0.5) is 5.69 Å². The Morgan fingerprint density at radius 2 is 1.75 bits per heavy atom. The molecule has 36 heavy (non-hydrogen) atoms. The number of carbonyl (C=O) groups excluding carboxylic acids is 1. The molecular weight excluding hydrogens is 458 g/mol. The molecule has 1 N–H and O–H groups in total. The number of rotatable bonds is 9. The zero-order valence-corrected chi connectivity index (χ0v) is 21.0. The minimum Gasteiger partial charge on any atom is -0.497 e. The van der Waals surface area contributed by atoms with E-state index >= 15 is 0 Å². The van der Waals surface area contributed by atoms with Crippen molar-refractivity contribution in [2.75, 3.05) is 33.3 Å². The third-order valence-electron chi connectivity index (χ3n) is 5.78. The Labute approximate surface area is 210 Å². The van der Waals surface area contributed by atoms with E-state index in [1.807, 2.05) is 62.4 Å². The molecule has 0 saturated carbocycles. The highest BCUT2D eigenvalue weighted by molar-refractivity contribution is 6.05. The predicted octanol–water partition coefficient (Wildman–Crippen LogP) is 6.57. The fourth-order valence-corrected chi connectivity index (χ4v) is 4.02. The van der Waals surface area contributed by atoms with Crippen molar-refractivity contribution in [1.82, 2.24) is 0 Å². The third-order valence-corrected chi connectivity index (χ3v) is 5.78. The maximum Gasteiger partial charge on any atom is 0.248 e. The summed E-state index contributed by atoms with van der Waals surface area (Å²) in [6, 6.07) is 16.8. The molecule has 0 radical (unpaired) electrons. The van der Waals surface area contributed by atoms with Crippen molar-refractivity contribution in [3.05, 3.63) is 72.5 Å². The van der Waals surface area contributed by atoms with Crippen molar-refractivity contribution in [3.8, 4) is 34.1 Å². The van der Waals surface area contributed by atoms with E-state index in [1.54, 1.807) is 39.7 Å². The molecule has 1 heterocycles. The van der Waals surface area contributed by atoms with Crippen molar-refractivity contribution < 1.29 is 28.2 Å². The normalized spacial score (nSPS) is 11.3. The molecule has 0 saturated heterocycles. The van der Waals surface area contributed by atoms with E-state index in [0.717, 1.165) is 27.6 Å². The quantitative estimate of drug-likeness (QED) is 0.269. The van der Waals surface area contributed by atoms with Gasteiger partial charge in [0.25, 0.3) is 0 Å². The summed E-state index contributed by atoms with van der Waals surface area (Å²) in [5.41, 5.74) is 4.69. The van der Waals surface area contributed by atoms with Crippen molar-refractivity contribution in [3.63, 3.8) is 0 Å². The standard InChI is InChI=1S/C29H29NO6/c1-6-35-26-16-27-23(24(17-36-27)19-10-11-25(33-4)28(13-19)34-5)15-22(26)18(2)12-29(31)30-20-8-7-9-21(14-20)32-3/h7-17H,6H2,1-5H3,(H,30,31)/b18-12+. The van der Waals surface area contributed by atoms with E-state index in [9.17, 15) is 4.79 Å². The van der Waals surface area contributed by atoms with Crippen LogP contribution in [0.1, 0.15) is 19.4 Å². The molecule has 7 heteroatoms. The second-order valence-corrected chi connectivity index (χ2v) is 8.05. The van der Waals surface area contributed by atoms with E-state index < -0.39 is 0 Å². The van der Waals surface area contributed by atoms with Gasteiger partial charge in [0.05, 0.1) is 34.2 Å². The molecule has 4 rings (SSSR count). The number of hydrogen-bond acceptors (Lipinski definition) is 6. The summed E-state index contributed by atoms with van der Waals surface area (Å²) in [6.07, 6.45) is 3.26. The number of fused-ring (bicyclic) bond motifs is 1. The van der Waals surface area contributed by atoms with Gasteiger partial charge in [0.15, 0.2) is 11.5 Å². The van der Waals surface area contributed by atoms with Gasteiger partial charge >= 0.3 is 0 Å². The van der Waals surface area contributed by atoms with E-state index in [1.165, 1.54) is 0 Å². The molecular formula is C29H29NO6. The van der Waals surface area contributed by atoms with Gasteiger partial charge in [-0.1, -0.05) is 12.1 Å². The van der Waals surface area contributed by atoms with E-state index in [2.05, 4.69) is 5.32 Å². The molecule has 1 amide bonds. The molecule has 1 aromatic heterocycles. The first kappa shape index (κ1) is 24.7. The number of amides is 1. The third kappa shape index (κ3) is 5.15. The monoisotopic (exact) mass is 487 g/mol. The van der Waals surface area contributed by atoms with Gasteiger partial charge in [-0.25, -0.2) is 0 Å². The first-order chi connectivity index (χ1) is 17.5. The van der Waals surface area contributed by atoms with E-state index in [4.69, 9.17) is 23.4 Å². The van der Waals surface area contributed by atoms with Crippen LogP contribution in [0.2, 0.25) is 0 Å². The highest BCUT2D eigenvalue weighted by Crippen LogP contribution is 2.40. The molecule has 0 atom stereocenters. The molecule has 0 bridgehead atoms. The summed E-state index contributed by atoms with van der Waals surface area (Å²) < 4.78 is 27.8. The van der Waals surface area contributed by atoms with Crippen LogP contribution < -0.4 is 24.3 Å². The van der Waals surface area contributed by atoms with Gasteiger partial charge in [0.2, 0.25) is 5.91 Å². The molecule has 186 valence electrons. The van der Waals surface area contributed by atoms with Gasteiger partial charge in [-0.2, -0.15) is 0 Å². The average Bonchev–Trinajstić information content (AvgIpc) is 3.30. The topological polar surface area (TPSA) is 79.2 Å². The molecule has 4 aromatic rings. The zero-order valence-electron chi connectivity index (χ0n) is 21.0. The smallest absolute Gasteiger partial charge is 0.248 e. The van der Waals surface area contributed by atoms with Gasteiger partial charge in [0.1, 0.15) is 17.1 Å². The molecule has 0 aliphatic rings. The first-order valence-corrected chi connectivity index (χ1v) is 11.5. The van der Waals surface area contributed by atoms with E-state index in [-0.39, 0.29) is 5.91 Å². The van der Waals surface area contributed by atoms with Crippen LogP contribution >= 0.6 is 0 Å². The maximum absolute atomic E-state index is 12.8. The molecule has 3 aromatic carbocycles. The summed E-state index contributed by atoms with van der Waals surface area (Å²) in [4.78, 5) is 12.8. The Morgan fingerprint density at radius 3 is 2.47 bits per heavy atom. The average molecular weight is 488 g/mol. The van der Waals surface area contributed by atoms with E-state index in [0.29, 0.717) is 40.9 Å². The Balaban J connectivity index is 1.73. The van der Waals surface area contributed by atoms with Crippen LogP contribution in [0.5, 0.6) is 23.0 Å². The summed E-state index contributed by atoms with van der Waals surface area (Å²) in [6.45, 7) is 4.27. The van der Waals surface area contributed by atoms with Gasteiger partial charge in [-0.15, -0.1) is 0 Å². The second-order valence-electron chi connectivity index (χ2n) is 8.05. The number of anilines is 1. The number of methoxy groups -OCH3 is 3. The number of furan rings is 1. The highest BCUT2D eigenvalue weighted by Gasteiger charge is 2.17.